The summed E-state index contributed by atoms with van der Waals surface area (Å²) in [5.41, 5.74) is 5.46. The number of nitriles is 1. The van der Waals surface area contributed by atoms with Gasteiger partial charge in [-0.2, -0.15) is 18.4 Å². The molecule has 0 bridgehead atoms. The van der Waals surface area contributed by atoms with Gasteiger partial charge in [-0.05, 0) is 106 Å². The second-order valence-electron chi connectivity index (χ2n) is 14.8. The van der Waals surface area contributed by atoms with Crippen LogP contribution in [0.25, 0.3) is 88.9 Å². The summed E-state index contributed by atoms with van der Waals surface area (Å²) in [6.07, 6.45) is -4.73. The van der Waals surface area contributed by atoms with Crippen molar-refractivity contribution in [1.29, 1.82) is 5.26 Å². The maximum atomic E-state index is 15.5. The number of hydrogen-bond acceptors (Lipinski definition) is 7. The molecule has 4 heterocycles. The fourth-order valence-electron chi connectivity index (χ4n) is 8.40. The van der Waals surface area contributed by atoms with Crippen LogP contribution in [-0.2, 0) is 6.18 Å². The van der Waals surface area contributed by atoms with E-state index >= 15 is 13.2 Å². The summed E-state index contributed by atoms with van der Waals surface area (Å²) in [5, 5.41) is 13.4. The highest BCUT2D eigenvalue weighted by atomic mass is 19.4. The van der Waals surface area contributed by atoms with E-state index in [2.05, 4.69) is 36.0 Å². The second kappa shape index (κ2) is 13.7. The number of aryl methyl sites for hydroxylation is 4. The Labute approximate surface area is 341 Å². The van der Waals surface area contributed by atoms with E-state index < -0.39 is 11.7 Å². The molecule has 6 aromatic carbocycles. The monoisotopic (exact) mass is 791 g/mol. The molecule has 0 fully saturated rings. The SMILES string of the molecule is Cc1nc(C)nc(-c2ccc3c(c2)c2ccccc2n3-c2cc(C(F)(F)F)cc(-n3c4ccccc4c4cc(-c5nc(C)nc(C)n5)ccc43)c2-c2cccc(C#N)c2)n1. The fraction of sp³-hybridized carbons (Fsp3) is 0.104. The molecule has 0 atom stereocenters. The smallest absolute Gasteiger partial charge is 0.309 e. The lowest BCUT2D eigenvalue weighted by Gasteiger charge is -2.23. The Hall–Kier alpha value is -7.78. The van der Waals surface area contributed by atoms with E-state index in [9.17, 15) is 5.26 Å². The third-order valence-corrected chi connectivity index (χ3v) is 10.8. The maximum absolute atomic E-state index is 15.5. The number of halogens is 3. The predicted molar refractivity (Wildman–Crippen MR) is 227 cm³/mol. The summed E-state index contributed by atoms with van der Waals surface area (Å²) >= 11 is 0. The van der Waals surface area contributed by atoms with Crippen LogP contribution in [0, 0.1) is 39.0 Å². The van der Waals surface area contributed by atoms with Gasteiger partial charge in [-0.25, -0.2) is 29.9 Å². The van der Waals surface area contributed by atoms with Crippen LogP contribution in [0.15, 0.2) is 121 Å². The minimum absolute atomic E-state index is 0.291. The molecule has 10 aromatic rings. The van der Waals surface area contributed by atoms with Crippen LogP contribution in [0.4, 0.5) is 13.2 Å². The Morgan fingerprint density at radius 1 is 0.467 bits per heavy atom. The Morgan fingerprint density at radius 3 is 1.37 bits per heavy atom. The first-order chi connectivity index (χ1) is 28.9. The van der Waals surface area contributed by atoms with Crippen molar-refractivity contribution in [3.8, 4) is 51.3 Å². The molecule has 10 rings (SSSR count). The highest BCUT2D eigenvalue weighted by Gasteiger charge is 2.34. The summed E-state index contributed by atoms with van der Waals surface area (Å²) in [4.78, 5) is 27.0. The molecule has 0 spiro atoms. The van der Waals surface area contributed by atoms with Crippen molar-refractivity contribution in [2.24, 2.45) is 0 Å². The highest BCUT2D eigenvalue weighted by Crippen LogP contribution is 2.46. The van der Waals surface area contributed by atoms with Gasteiger partial charge in [0.15, 0.2) is 11.6 Å². The number of hydrogen-bond donors (Lipinski definition) is 0. The van der Waals surface area contributed by atoms with Crippen molar-refractivity contribution >= 4 is 43.6 Å². The van der Waals surface area contributed by atoms with Crippen LogP contribution in [0.2, 0.25) is 0 Å². The number of aromatic nitrogens is 8. The molecule has 0 unspecified atom stereocenters. The van der Waals surface area contributed by atoms with Crippen LogP contribution in [0.5, 0.6) is 0 Å². The Kier molecular flexibility index (Phi) is 8.33. The lowest BCUT2D eigenvalue weighted by molar-refractivity contribution is -0.137. The van der Waals surface area contributed by atoms with Gasteiger partial charge >= 0.3 is 6.18 Å². The lowest BCUT2D eigenvalue weighted by atomic mass is 9.96. The van der Waals surface area contributed by atoms with Gasteiger partial charge in [-0.15, -0.1) is 0 Å². The van der Waals surface area contributed by atoms with E-state index in [0.29, 0.717) is 85.1 Å². The van der Waals surface area contributed by atoms with E-state index in [1.54, 1.807) is 18.2 Å². The largest absolute Gasteiger partial charge is 0.416 e. The summed E-state index contributed by atoms with van der Waals surface area (Å²) < 4.78 is 50.1. The molecule has 0 saturated carbocycles. The zero-order valence-electron chi connectivity index (χ0n) is 32.7. The first-order valence-corrected chi connectivity index (χ1v) is 19.2. The molecule has 4 aromatic heterocycles. The third kappa shape index (κ3) is 6.02. The van der Waals surface area contributed by atoms with E-state index in [4.69, 9.17) is 0 Å². The zero-order valence-corrected chi connectivity index (χ0v) is 32.7. The van der Waals surface area contributed by atoms with Crippen LogP contribution in [-0.4, -0.2) is 39.0 Å². The number of benzene rings is 6. The first kappa shape index (κ1) is 36.6. The maximum Gasteiger partial charge on any atom is 0.416 e. The normalized spacial score (nSPS) is 11.9. The van der Waals surface area contributed by atoms with Gasteiger partial charge in [0.25, 0.3) is 0 Å². The van der Waals surface area contributed by atoms with Crippen molar-refractivity contribution < 1.29 is 13.2 Å². The molecule has 60 heavy (non-hydrogen) atoms. The molecule has 0 saturated heterocycles. The van der Waals surface area contributed by atoms with Gasteiger partial charge in [0.05, 0.1) is 50.6 Å². The summed E-state index contributed by atoms with van der Waals surface area (Å²) in [7, 11) is 0. The molecule has 0 N–H and O–H groups in total. The molecule has 0 amide bonds. The molecule has 0 radical (unpaired) electrons. The molecule has 0 aliphatic heterocycles. The molecular formula is C48H32F3N9. The number of fused-ring (bicyclic) bond motifs is 6. The molecule has 0 aliphatic rings. The summed E-state index contributed by atoms with van der Waals surface area (Å²) in [6, 6.07) is 38.5. The second-order valence-corrected chi connectivity index (χ2v) is 14.8. The predicted octanol–water partition coefficient (Wildman–Crippen LogP) is 11.4. The third-order valence-electron chi connectivity index (χ3n) is 10.8. The average molecular weight is 792 g/mol. The van der Waals surface area contributed by atoms with Crippen molar-refractivity contribution in [3.63, 3.8) is 0 Å². The number of rotatable bonds is 5. The molecular weight excluding hydrogens is 760 g/mol. The van der Waals surface area contributed by atoms with Crippen molar-refractivity contribution in [2.75, 3.05) is 0 Å². The van der Waals surface area contributed by atoms with E-state index in [1.165, 1.54) is 12.1 Å². The minimum atomic E-state index is -4.73. The zero-order chi connectivity index (χ0) is 41.4. The van der Waals surface area contributed by atoms with Crippen LogP contribution in [0.1, 0.15) is 34.4 Å². The lowest BCUT2D eigenvalue weighted by Crippen LogP contribution is -2.11. The number of alkyl halides is 3. The Balaban J connectivity index is 1.34. The van der Waals surface area contributed by atoms with Gasteiger partial charge in [-0.3, -0.25) is 0 Å². The minimum Gasteiger partial charge on any atom is -0.309 e. The first-order valence-electron chi connectivity index (χ1n) is 19.2. The van der Waals surface area contributed by atoms with Gasteiger partial charge < -0.3 is 9.13 Å². The summed E-state index contributed by atoms with van der Waals surface area (Å²) in [5.74, 6) is 3.33. The van der Waals surface area contributed by atoms with Crippen LogP contribution in [0.3, 0.4) is 0 Å². The highest BCUT2D eigenvalue weighted by molar-refractivity contribution is 6.13. The van der Waals surface area contributed by atoms with Gasteiger partial charge in [0, 0.05) is 38.2 Å². The van der Waals surface area contributed by atoms with Gasteiger partial charge in [-0.1, -0.05) is 48.5 Å². The number of para-hydroxylation sites is 2. The van der Waals surface area contributed by atoms with Crippen molar-refractivity contribution in [3.05, 3.63) is 156 Å². The molecule has 0 aliphatic carbocycles. The number of nitrogens with zero attached hydrogens (tertiary/aromatic N) is 9. The average Bonchev–Trinajstić information content (AvgIpc) is 3.74. The Morgan fingerprint density at radius 2 is 0.917 bits per heavy atom. The fourth-order valence-corrected chi connectivity index (χ4v) is 8.40. The van der Waals surface area contributed by atoms with E-state index in [-0.39, 0.29) is 0 Å². The molecule has 290 valence electrons. The van der Waals surface area contributed by atoms with Crippen LogP contribution < -0.4 is 0 Å². The van der Waals surface area contributed by atoms with Crippen molar-refractivity contribution in [2.45, 2.75) is 33.9 Å². The summed E-state index contributed by atoms with van der Waals surface area (Å²) in [6.45, 7) is 7.24. The Bertz CT molecular complexity index is 3220. The van der Waals surface area contributed by atoms with E-state index in [0.717, 1.165) is 32.7 Å². The molecule has 12 heteroatoms. The van der Waals surface area contributed by atoms with Crippen molar-refractivity contribution in [1.82, 2.24) is 39.0 Å². The standard InChI is InChI=1S/C48H32F3N9/c1-26-53-27(2)56-46(55-26)32-16-18-41-37(21-32)35-12-5-7-14-39(35)59(41)43-23-34(48(49,50)51)24-44(45(43)31-11-9-10-30(20-31)25-52)60-40-15-8-6-13-36(40)38-22-33(17-19-42(38)60)47-57-28(3)54-29(4)58-47/h5-24H,1-4H3. The van der Waals surface area contributed by atoms with Gasteiger partial charge in [0.1, 0.15) is 23.3 Å². The quantitative estimate of drug-likeness (QED) is 0.171. The molecule has 9 nitrogen and oxygen atoms in total. The van der Waals surface area contributed by atoms with Gasteiger partial charge in [0.2, 0.25) is 0 Å². The van der Waals surface area contributed by atoms with E-state index in [1.807, 2.05) is 128 Å². The van der Waals surface area contributed by atoms with Crippen LogP contribution >= 0.6 is 0 Å². The topological polar surface area (TPSA) is 111 Å².